The minimum atomic E-state index is -0.953. The molecule has 1 N–H and O–H groups in total. The van der Waals surface area contributed by atoms with E-state index < -0.39 is 12.0 Å². The van der Waals surface area contributed by atoms with Crippen molar-refractivity contribution in [3.05, 3.63) is 23.5 Å². The Labute approximate surface area is 100 Å². The highest BCUT2D eigenvalue weighted by atomic mass is 32.1. The lowest BCUT2D eigenvalue weighted by Crippen LogP contribution is -2.55. The molecule has 2 aromatic rings. The molecular weight excluding hydrogens is 242 g/mol. The second-order valence-electron chi connectivity index (χ2n) is 3.86. The summed E-state index contributed by atoms with van der Waals surface area (Å²) in [6.07, 6.45) is 3.96. The molecule has 0 saturated carbocycles. The minimum absolute atomic E-state index is 0.306. The first kappa shape index (κ1) is 10.3. The second kappa shape index (κ2) is 3.56. The molecule has 3 rings (SSSR count). The standard InChI is InChI=1S/C10H9N3O3S/c14-8(13-2-1-7(13)9(15)16)6-5-12-3-4-17-10(12)11-6/h3-5,7H,1-2H2,(H,15,16)/t7-/m1/s1. The van der Waals surface area contributed by atoms with Gasteiger partial charge in [-0.1, -0.05) is 0 Å². The predicted octanol–water partition coefficient (Wildman–Crippen LogP) is 0.695. The summed E-state index contributed by atoms with van der Waals surface area (Å²) in [5, 5.41) is 10.8. The van der Waals surface area contributed by atoms with Crippen molar-refractivity contribution in [2.24, 2.45) is 0 Å². The summed E-state index contributed by atoms with van der Waals surface area (Å²) in [4.78, 5) is 29.1. The number of amides is 1. The summed E-state index contributed by atoms with van der Waals surface area (Å²) in [6, 6.07) is -0.692. The molecule has 0 aliphatic carbocycles. The molecule has 1 aliphatic rings. The van der Waals surface area contributed by atoms with E-state index in [-0.39, 0.29) is 5.91 Å². The first-order valence-corrected chi connectivity index (χ1v) is 6.01. The molecule has 17 heavy (non-hydrogen) atoms. The number of aromatic nitrogens is 2. The fraction of sp³-hybridized carbons (Fsp3) is 0.300. The first-order chi connectivity index (χ1) is 8.16. The highest BCUT2D eigenvalue weighted by Crippen LogP contribution is 2.21. The summed E-state index contributed by atoms with van der Waals surface area (Å²) < 4.78 is 1.76. The number of carbonyl (C=O) groups is 2. The maximum absolute atomic E-state index is 12.0. The van der Waals surface area contributed by atoms with E-state index in [1.807, 2.05) is 11.6 Å². The SMILES string of the molecule is O=C(O)[C@H]1CCN1C(=O)c1cn2ccsc2n1. The van der Waals surface area contributed by atoms with Crippen LogP contribution in [-0.4, -0.2) is 43.9 Å². The van der Waals surface area contributed by atoms with E-state index >= 15 is 0 Å². The average Bonchev–Trinajstić information content (AvgIpc) is 2.72. The molecule has 0 radical (unpaired) electrons. The molecular formula is C10H9N3O3S. The van der Waals surface area contributed by atoms with Gasteiger partial charge in [-0.25, -0.2) is 9.78 Å². The van der Waals surface area contributed by atoms with Crippen molar-refractivity contribution in [3.63, 3.8) is 0 Å². The van der Waals surface area contributed by atoms with E-state index in [2.05, 4.69) is 4.98 Å². The summed E-state index contributed by atoms with van der Waals surface area (Å²) in [5.74, 6) is -1.26. The zero-order valence-electron chi connectivity index (χ0n) is 8.74. The molecule has 1 saturated heterocycles. The summed E-state index contributed by atoms with van der Waals surface area (Å²) in [5.41, 5.74) is 0.308. The van der Waals surface area contributed by atoms with Gasteiger partial charge in [-0.3, -0.25) is 9.20 Å². The van der Waals surface area contributed by atoms with Crippen molar-refractivity contribution in [2.45, 2.75) is 12.5 Å². The van der Waals surface area contributed by atoms with Gasteiger partial charge in [0.25, 0.3) is 5.91 Å². The maximum atomic E-state index is 12.0. The molecule has 1 atom stereocenters. The average molecular weight is 251 g/mol. The third-order valence-electron chi connectivity index (χ3n) is 2.88. The molecule has 0 bridgehead atoms. The van der Waals surface area contributed by atoms with Crippen molar-refractivity contribution < 1.29 is 14.7 Å². The number of fused-ring (bicyclic) bond motifs is 1. The van der Waals surface area contributed by atoms with Gasteiger partial charge in [0.15, 0.2) is 4.96 Å². The van der Waals surface area contributed by atoms with Gasteiger partial charge >= 0.3 is 5.97 Å². The molecule has 3 heterocycles. The van der Waals surface area contributed by atoms with Gasteiger partial charge in [0, 0.05) is 24.3 Å². The van der Waals surface area contributed by atoms with Crippen LogP contribution in [0.1, 0.15) is 16.9 Å². The normalized spacial score (nSPS) is 19.3. The summed E-state index contributed by atoms with van der Waals surface area (Å²) in [6.45, 7) is 0.487. The third-order valence-corrected chi connectivity index (χ3v) is 3.65. The van der Waals surface area contributed by atoms with Crippen LogP contribution in [0.15, 0.2) is 17.8 Å². The van der Waals surface area contributed by atoms with Crippen molar-refractivity contribution in [3.8, 4) is 0 Å². The first-order valence-electron chi connectivity index (χ1n) is 5.13. The van der Waals surface area contributed by atoms with Crippen molar-refractivity contribution in [1.82, 2.24) is 14.3 Å². The Morgan fingerprint density at radius 2 is 2.35 bits per heavy atom. The number of carbonyl (C=O) groups excluding carboxylic acids is 1. The molecule has 0 aromatic carbocycles. The number of aliphatic carboxylic acids is 1. The smallest absolute Gasteiger partial charge is 0.326 e. The molecule has 0 unspecified atom stereocenters. The number of imidazole rings is 1. The van der Waals surface area contributed by atoms with Gasteiger partial charge < -0.3 is 10.0 Å². The van der Waals surface area contributed by atoms with Gasteiger partial charge in [-0.05, 0) is 6.42 Å². The fourth-order valence-corrected chi connectivity index (χ4v) is 2.56. The van der Waals surface area contributed by atoms with Crippen LogP contribution in [0, 0.1) is 0 Å². The van der Waals surface area contributed by atoms with Gasteiger partial charge in [0.05, 0.1) is 0 Å². The number of carboxylic acids is 1. The second-order valence-corrected chi connectivity index (χ2v) is 4.73. The number of hydrogen-bond acceptors (Lipinski definition) is 4. The largest absolute Gasteiger partial charge is 0.480 e. The lowest BCUT2D eigenvalue weighted by atomic mass is 10.0. The van der Waals surface area contributed by atoms with Gasteiger partial charge in [0.2, 0.25) is 0 Å². The van der Waals surface area contributed by atoms with E-state index in [1.165, 1.54) is 16.2 Å². The Morgan fingerprint density at radius 1 is 1.53 bits per heavy atom. The van der Waals surface area contributed by atoms with Gasteiger partial charge in [-0.2, -0.15) is 0 Å². The van der Waals surface area contributed by atoms with E-state index in [0.29, 0.717) is 18.7 Å². The zero-order valence-corrected chi connectivity index (χ0v) is 9.55. The molecule has 7 heteroatoms. The molecule has 1 aliphatic heterocycles. The van der Waals surface area contributed by atoms with E-state index in [1.54, 1.807) is 10.6 Å². The molecule has 1 fully saturated rings. The molecule has 1 amide bonds. The Hall–Kier alpha value is -1.89. The Morgan fingerprint density at radius 3 is 2.94 bits per heavy atom. The topological polar surface area (TPSA) is 74.9 Å². The minimum Gasteiger partial charge on any atom is -0.480 e. The number of rotatable bonds is 2. The van der Waals surface area contributed by atoms with Crippen LogP contribution < -0.4 is 0 Å². The molecule has 88 valence electrons. The van der Waals surface area contributed by atoms with E-state index in [0.717, 1.165) is 4.96 Å². The van der Waals surface area contributed by atoms with Gasteiger partial charge in [0.1, 0.15) is 11.7 Å². The third kappa shape index (κ3) is 1.50. The number of carboxylic acid groups (broad SMARTS) is 1. The Bertz CT molecular complexity index is 574. The van der Waals surface area contributed by atoms with E-state index in [9.17, 15) is 9.59 Å². The van der Waals surface area contributed by atoms with E-state index in [4.69, 9.17) is 5.11 Å². The highest BCUT2D eigenvalue weighted by Gasteiger charge is 2.38. The number of hydrogen-bond donors (Lipinski definition) is 1. The number of nitrogens with zero attached hydrogens (tertiary/aromatic N) is 3. The van der Waals surface area contributed by atoms with Crippen LogP contribution in [0.2, 0.25) is 0 Å². The lowest BCUT2D eigenvalue weighted by molar-refractivity contribution is -0.146. The number of likely N-dealkylation sites (tertiary alicyclic amines) is 1. The summed E-state index contributed by atoms with van der Waals surface area (Å²) in [7, 11) is 0. The van der Waals surface area contributed by atoms with Gasteiger partial charge in [-0.15, -0.1) is 11.3 Å². The molecule has 2 aromatic heterocycles. The molecule has 6 nitrogen and oxygen atoms in total. The molecule has 0 spiro atoms. The van der Waals surface area contributed by atoms with Crippen LogP contribution in [0.4, 0.5) is 0 Å². The predicted molar refractivity (Wildman–Crippen MR) is 60.1 cm³/mol. The quantitative estimate of drug-likeness (QED) is 0.852. The Kier molecular flexibility index (Phi) is 2.15. The monoisotopic (exact) mass is 251 g/mol. The lowest BCUT2D eigenvalue weighted by Gasteiger charge is -2.37. The fourth-order valence-electron chi connectivity index (χ4n) is 1.86. The number of thiazole rings is 1. The van der Waals surface area contributed by atoms with Crippen LogP contribution in [0.25, 0.3) is 4.96 Å². The maximum Gasteiger partial charge on any atom is 0.326 e. The van der Waals surface area contributed by atoms with Crippen LogP contribution >= 0.6 is 11.3 Å². The van der Waals surface area contributed by atoms with Crippen molar-refractivity contribution >= 4 is 28.2 Å². The Balaban J connectivity index is 1.87. The van der Waals surface area contributed by atoms with Crippen LogP contribution in [0.3, 0.4) is 0 Å². The van der Waals surface area contributed by atoms with Crippen molar-refractivity contribution in [1.29, 1.82) is 0 Å². The van der Waals surface area contributed by atoms with Crippen LogP contribution in [0.5, 0.6) is 0 Å². The highest BCUT2D eigenvalue weighted by molar-refractivity contribution is 7.15. The summed E-state index contributed by atoms with van der Waals surface area (Å²) >= 11 is 1.43. The van der Waals surface area contributed by atoms with Crippen LogP contribution in [-0.2, 0) is 4.79 Å². The zero-order chi connectivity index (χ0) is 12.0. The van der Waals surface area contributed by atoms with Crippen molar-refractivity contribution in [2.75, 3.05) is 6.54 Å².